The Morgan fingerprint density at radius 1 is 1.25 bits per heavy atom. The van der Waals surface area contributed by atoms with E-state index in [0.29, 0.717) is 12.5 Å². The first kappa shape index (κ1) is 15.0. The highest BCUT2D eigenvalue weighted by molar-refractivity contribution is 5.93. The van der Waals surface area contributed by atoms with Gasteiger partial charge in [-0.15, -0.1) is 0 Å². The van der Waals surface area contributed by atoms with Crippen molar-refractivity contribution in [1.82, 2.24) is 5.32 Å². The zero-order chi connectivity index (χ0) is 14.4. The van der Waals surface area contributed by atoms with Crippen LogP contribution in [0.15, 0.2) is 18.2 Å². The van der Waals surface area contributed by atoms with Crippen molar-refractivity contribution in [2.75, 3.05) is 11.9 Å². The maximum absolute atomic E-state index is 11.4. The third kappa shape index (κ3) is 3.83. The van der Waals surface area contributed by atoms with Crippen molar-refractivity contribution < 1.29 is 4.79 Å². The van der Waals surface area contributed by atoms with Crippen molar-refractivity contribution in [2.45, 2.75) is 58.4 Å². The number of amides is 1. The van der Waals surface area contributed by atoms with Gasteiger partial charge in [-0.05, 0) is 36.6 Å². The highest BCUT2D eigenvalue weighted by atomic mass is 16.1. The Hall–Kier alpha value is -1.35. The summed E-state index contributed by atoms with van der Waals surface area (Å²) in [6, 6.07) is 6.93. The van der Waals surface area contributed by atoms with Gasteiger partial charge in [0.05, 0.1) is 0 Å². The van der Waals surface area contributed by atoms with Crippen LogP contribution in [0.1, 0.15) is 63.1 Å². The van der Waals surface area contributed by atoms with Crippen LogP contribution in [0.5, 0.6) is 0 Å². The van der Waals surface area contributed by atoms with E-state index in [0.717, 1.165) is 18.7 Å². The fourth-order valence-corrected chi connectivity index (χ4v) is 2.85. The van der Waals surface area contributed by atoms with Crippen LogP contribution in [0.2, 0.25) is 0 Å². The van der Waals surface area contributed by atoms with Gasteiger partial charge in [-0.25, -0.2) is 0 Å². The molecular formula is C17H26N2O. The fraction of sp³-hybridized carbons (Fsp3) is 0.588. The molecule has 1 aromatic rings. The normalized spacial score (nSPS) is 15.6. The number of aryl methyl sites for hydroxylation is 1. The zero-order valence-corrected chi connectivity index (χ0v) is 12.7. The van der Waals surface area contributed by atoms with E-state index in [9.17, 15) is 4.79 Å². The minimum absolute atomic E-state index is 0.136. The lowest BCUT2D eigenvalue weighted by Gasteiger charge is -2.22. The van der Waals surface area contributed by atoms with E-state index in [2.05, 4.69) is 42.7 Å². The smallest absolute Gasteiger partial charge is 0.224 e. The number of carbonyl (C=O) groups is 1. The topological polar surface area (TPSA) is 41.1 Å². The quantitative estimate of drug-likeness (QED) is 0.742. The van der Waals surface area contributed by atoms with E-state index in [1.165, 1.54) is 36.8 Å². The molecule has 1 aliphatic heterocycles. The van der Waals surface area contributed by atoms with Crippen LogP contribution in [0, 0.1) is 0 Å². The number of rotatable bonds is 7. The standard InChI is InChI=1S/C17H26N2O/c1-3-5-6-7-15(18-4-2)13-8-10-16-14(12-13)9-11-17(20)19-16/h8,10,12,15,18H,3-7,9,11H2,1-2H3,(H,19,20). The summed E-state index contributed by atoms with van der Waals surface area (Å²) in [5.74, 6) is 0.136. The molecule has 2 rings (SSSR count). The largest absolute Gasteiger partial charge is 0.326 e. The average Bonchev–Trinajstić information content (AvgIpc) is 2.46. The third-order valence-corrected chi connectivity index (χ3v) is 3.97. The maximum atomic E-state index is 11.4. The van der Waals surface area contributed by atoms with Gasteiger partial charge in [-0.1, -0.05) is 45.2 Å². The maximum Gasteiger partial charge on any atom is 0.224 e. The molecule has 1 unspecified atom stereocenters. The lowest BCUT2D eigenvalue weighted by Crippen LogP contribution is -2.23. The molecule has 0 aromatic heterocycles. The lowest BCUT2D eigenvalue weighted by molar-refractivity contribution is -0.116. The minimum atomic E-state index is 0.136. The van der Waals surface area contributed by atoms with Crippen LogP contribution in [0.3, 0.4) is 0 Å². The molecule has 110 valence electrons. The summed E-state index contributed by atoms with van der Waals surface area (Å²) >= 11 is 0. The Morgan fingerprint density at radius 2 is 2.10 bits per heavy atom. The van der Waals surface area contributed by atoms with Gasteiger partial charge in [0.1, 0.15) is 0 Å². The number of hydrogen-bond donors (Lipinski definition) is 2. The molecule has 1 amide bonds. The Kier molecular flexibility index (Phi) is 5.60. The fourth-order valence-electron chi connectivity index (χ4n) is 2.85. The molecule has 1 aliphatic rings. The third-order valence-electron chi connectivity index (χ3n) is 3.97. The predicted octanol–water partition coefficient (Wildman–Crippen LogP) is 3.80. The summed E-state index contributed by atoms with van der Waals surface area (Å²) < 4.78 is 0. The molecule has 0 aliphatic carbocycles. The van der Waals surface area contributed by atoms with Crippen molar-refractivity contribution in [3.63, 3.8) is 0 Å². The molecule has 20 heavy (non-hydrogen) atoms. The Morgan fingerprint density at radius 3 is 2.85 bits per heavy atom. The van der Waals surface area contributed by atoms with Crippen LogP contribution in [0.4, 0.5) is 5.69 Å². The van der Waals surface area contributed by atoms with E-state index >= 15 is 0 Å². The molecule has 1 heterocycles. The summed E-state index contributed by atoms with van der Waals surface area (Å²) in [6.07, 6.45) is 6.48. The summed E-state index contributed by atoms with van der Waals surface area (Å²) in [7, 11) is 0. The van der Waals surface area contributed by atoms with Gasteiger partial charge >= 0.3 is 0 Å². The summed E-state index contributed by atoms with van der Waals surface area (Å²) in [6.45, 7) is 5.39. The molecule has 0 bridgehead atoms. The highest BCUT2D eigenvalue weighted by Crippen LogP contribution is 2.28. The molecule has 0 spiro atoms. The number of fused-ring (bicyclic) bond motifs is 1. The zero-order valence-electron chi connectivity index (χ0n) is 12.7. The predicted molar refractivity (Wildman–Crippen MR) is 84.0 cm³/mol. The van der Waals surface area contributed by atoms with Crippen molar-refractivity contribution in [2.24, 2.45) is 0 Å². The first-order chi connectivity index (χ1) is 9.74. The van der Waals surface area contributed by atoms with Gasteiger partial charge in [0, 0.05) is 18.2 Å². The van der Waals surface area contributed by atoms with E-state index in [1.807, 2.05) is 0 Å². The number of unbranched alkanes of at least 4 members (excludes halogenated alkanes) is 2. The highest BCUT2D eigenvalue weighted by Gasteiger charge is 2.17. The SMILES string of the molecule is CCCCCC(NCC)c1ccc2c(c1)CCC(=O)N2. The number of anilines is 1. The second-order valence-electron chi connectivity index (χ2n) is 5.57. The Balaban J connectivity index is 2.10. The van der Waals surface area contributed by atoms with Crippen molar-refractivity contribution in [3.05, 3.63) is 29.3 Å². The monoisotopic (exact) mass is 274 g/mol. The van der Waals surface area contributed by atoms with Crippen molar-refractivity contribution in [3.8, 4) is 0 Å². The van der Waals surface area contributed by atoms with Crippen LogP contribution in [0.25, 0.3) is 0 Å². The molecular weight excluding hydrogens is 248 g/mol. The van der Waals surface area contributed by atoms with Gasteiger partial charge in [-0.2, -0.15) is 0 Å². The second kappa shape index (κ2) is 7.44. The molecule has 1 aromatic carbocycles. The van der Waals surface area contributed by atoms with Gasteiger partial charge in [0.2, 0.25) is 5.91 Å². The van der Waals surface area contributed by atoms with Gasteiger partial charge < -0.3 is 10.6 Å². The van der Waals surface area contributed by atoms with Crippen molar-refractivity contribution >= 4 is 11.6 Å². The Labute approximate surface area is 122 Å². The number of carbonyl (C=O) groups excluding carboxylic acids is 1. The van der Waals surface area contributed by atoms with Crippen LogP contribution in [-0.4, -0.2) is 12.5 Å². The molecule has 3 heteroatoms. The molecule has 2 N–H and O–H groups in total. The summed E-state index contributed by atoms with van der Waals surface area (Å²) in [4.78, 5) is 11.4. The van der Waals surface area contributed by atoms with Gasteiger partial charge in [0.25, 0.3) is 0 Å². The molecule has 0 fully saturated rings. The molecule has 0 radical (unpaired) electrons. The van der Waals surface area contributed by atoms with E-state index in [-0.39, 0.29) is 5.91 Å². The van der Waals surface area contributed by atoms with Crippen molar-refractivity contribution in [1.29, 1.82) is 0 Å². The van der Waals surface area contributed by atoms with E-state index in [1.54, 1.807) is 0 Å². The minimum Gasteiger partial charge on any atom is -0.326 e. The van der Waals surface area contributed by atoms with Gasteiger partial charge in [0.15, 0.2) is 0 Å². The molecule has 0 saturated carbocycles. The van der Waals surface area contributed by atoms with E-state index < -0.39 is 0 Å². The summed E-state index contributed by atoms with van der Waals surface area (Å²) in [5.41, 5.74) is 3.63. The number of nitrogens with one attached hydrogen (secondary N) is 2. The lowest BCUT2D eigenvalue weighted by atomic mass is 9.94. The van der Waals surface area contributed by atoms with Crippen LogP contribution < -0.4 is 10.6 Å². The van der Waals surface area contributed by atoms with Crippen LogP contribution >= 0.6 is 0 Å². The molecule has 3 nitrogen and oxygen atoms in total. The number of hydrogen-bond acceptors (Lipinski definition) is 2. The first-order valence-corrected chi connectivity index (χ1v) is 7.90. The number of benzene rings is 1. The first-order valence-electron chi connectivity index (χ1n) is 7.90. The average molecular weight is 274 g/mol. The van der Waals surface area contributed by atoms with Crippen LogP contribution in [-0.2, 0) is 11.2 Å². The summed E-state index contributed by atoms with van der Waals surface area (Å²) in [5, 5.41) is 6.54. The van der Waals surface area contributed by atoms with Gasteiger partial charge in [-0.3, -0.25) is 4.79 Å². The second-order valence-corrected chi connectivity index (χ2v) is 5.57. The molecule has 1 atom stereocenters. The van der Waals surface area contributed by atoms with E-state index in [4.69, 9.17) is 0 Å². The Bertz CT molecular complexity index is 456. The molecule has 0 saturated heterocycles.